The van der Waals surface area contributed by atoms with Crippen LogP contribution >= 0.6 is 0 Å². The van der Waals surface area contributed by atoms with Gasteiger partial charge in [0.15, 0.2) is 6.10 Å². The van der Waals surface area contributed by atoms with Crippen LogP contribution in [0.15, 0.2) is 54.7 Å². The predicted octanol–water partition coefficient (Wildman–Crippen LogP) is 7.73. The summed E-state index contributed by atoms with van der Waals surface area (Å²) in [5.41, 5.74) is 6.29. The number of pyridine rings is 2. The summed E-state index contributed by atoms with van der Waals surface area (Å²) >= 11 is 0. The molecule has 0 bridgehead atoms. The van der Waals surface area contributed by atoms with Crippen molar-refractivity contribution < 1.29 is 19.4 Å². The summed E-state index contributed by atoms with van der Waals surface area (Å²) in [6.07, 6.45) is 4.95. The fourth-order valence-corrected chi connectivity index (χ4v) is 5.94. The zero-order valence-corrected chi connectivity index (χ0v) is 25.1. The molecule has 6 rings (SSSR count). The number of fused-ring (bicyclic) bond motifs is 2. The topological polar surface area (TPSA) is 84.8 Å². The van der Waals surface area contributed by atoms with Gasteiger partial charge in [-0.1, -0.05) is 24.3 Å². The Morgan fingerprint density at radius 2 is 1.93 bits per heavy atom. The molecule has 3 heterocycles. The molecule has 1 saturated carbocycles. The summed E-state index contributed by atoms with van der Waals surface area (Å²) in [5.74, 6) is 1.18. The summed E-state index contributed by atoms with van der Waals surface area (Å²) in [6.45, 7) is 11.1. The summed E-state index contributed by atoms with van der Waals surface area (Å²) in [4.78, 5) is 25.1. The second kappa shape index (κ2) is 11.0. The molecule has 1 N–H and O–H groups in total. The molecule has 218 valence electrons. The van der Waals surface area contributed by atoms with Crippen LogP contribution in [0, 0.1) is 19.8 Å². The fraction of sp³-hybridized carbons (Fsp3) is 0.400. The van der Waals surface area contributed by atoms with Crippen molar-refractivity contribution in [2.75, 3.05) is 18.1 Å². The number of hydrogen-bond acceptors (Lipinski definition) is 6. The minimum absolute atomic E-state index is 0.558. The first-order valence-corrected chi connectivity index (χ1v) is 14.9. The molecular formula is C35H39N3O4. The summed E-state index contributed by atoms with van der Waals surface area (Å²) in [6, 6.07) is 16.4. The van der Waals surface area contributed by atoms with E-state index >= 15 is 0 Å². The number of ether oxygens (including phenoxy) is 2. The molecule has 42 heavy (non-hydrogen) atoms. The monoisotopic (exact) mass is 565 g/mol. The molecule has 0 amide bonds. The zero-order valence-electron chi connectivity index (χ0n) is 25.1. The molecule has 1 unspecified atom stereocenters. The molecule has 1 aliphatic carbocycles. The molecule has 1 aliphatic heterocycles. The van der Waals surface area contributed by atoms with Crippen molar-refractivity contribution in [3.63, 3.8) is 0 Å². The number of aliphatic carboxylic acids is 1. The Hall–Kier alpha value is -3.97. The number of aryl methyl sites for hydroxylation is 2. The van der Waals surface area contributed by atoms with E-state index in [4.69, 9.17) is 19.4 Å². The van der Waals surface area contributed by atoms with Crippen LogP contribution in [0.1, 0.15) is 68.5 Å². The third kappa shape index (κ3) is 5.71. The molecule has 0 spiro atoms. The summed E-state index contributed by atoms with van der Waals surface area (Å²) < 4.78 is 12.2. The number of aromatic nitrogens is 2. The number of para-hydroxylation sites is 1. The molecule has 2 aliphatic rings. The Morgan fingerprint density at radius 3 is 2.67 bits per heavy atom. The normalized spacial score (nSPS) is 15.6. The van der Waals surface area contributed by atoms with E-state index in [9.17, 15) is 9.90 Å². The number of carboxylic acids is 1. The minimum Gasteiger partial charge on any atom is -0.493 e. The highest BCUT2D eigenvalue weighted by Crippen LogP contribution is 2.44. The van der Waals surface area contributed by atoms with E-state index in [0.717, 1.165) is 75.5 Å². The van der Waals surface area contributed by atoms with Crippen molar-refractivity contribution in [3.8, 4) is 16.9 Å². The Morgan fingerprint density at radius 1 is 1.14 bits per heavy atom. The van der Waals surface area contributed by atoms with Crippen LogP contribution in [-0.4, -0.2) is 39.8 Å². The largest absolute Gasteiger partial charge is 0.493 e. The molecule has 2 aromatic heterocycles. The van der Waals surface area contributed by atoms with Crippen molar-refractivity contribution in [2.24, 2.45) is 5.92 Å². The van der Waals surface area contributed by atoms with E-state index in [1.807, 2.05) is 71.1 Å². The van der Waals surface area contributed by atoms with Crippen molar-refractivity contribution >= 4 is 28.4 Å². The van der Waals surface area contributed by atoms with Gasteiger partial charge in [-0.15, -0.1) is 0 Å². The van der Waals surface area contributed by atoms with Crippen molar-refractivity contribution in [3.05, 3.63) is 77.1 Å². The number of carboxylic acid groups (broad SMARTS) is 1. The van der Waals surface area contributed by atoms with Crippen LogP contribution in [0.4, 0.5) is 11.5 Å². The fourth-order valence-electron chi connectivity index (χ4n) is 5.94. The third-order valence-electron chi connectivity index (χ3n) is 8.08. The van der Waals surface area contributed by atoms with E-state index in [0.29, 0.717) is 18.1 Å². The van der Waals surface area contributed by atoms with E-state index in [-0.39, 0.29) is 0 Å². The van der Waals surface area contributed by atoms with Gasteiger partial charge in [0.2, 0.25) is 0 Å². The quantitative estimate of drug-likeness (QED) is 0.234. The maximum atomic E-state index is 13.0. The molecule has 7 heteroatoms. The second-order valence-electron chi connectivity index (χ2n) is 12.6. The highest BCUT2D eigenvalue weighted by Gasteiger charge is 2.35. The Bertz CT molecular complexity index is 1650. The van der Waals surface area contributed by atoms with E-state index < -0.39 is 17.7 Å². The summed E-state index contributed by atoms with van der Waals surface area (Å²) in [5, 5.41) is 11.7. The average Bonchev–Trinajstić information content (AvgIpc) is 3.79. The van der Waals surface area contributed by atoms with Crippen molar-refractivity contribution in [1.29, 1.82) is 0 Å². The maximum Gasteiger partial charge on any atom is 0.337 e. The smallest absolute Gasteiger partial charge is 0.337 e. The molecule has 0 saturated heterocycles. The van der Waals surface area contributed by atoms with Gasteiger partial charge in [0.1, 0.15) is 11.6 Å². The number of benzene rings is 2. The highest BCUT2D eigenvalue weighted by molar-refractivity contribution is 5.86. The number of nitrogens with zero attached hydrogens (tertiary/aromatic N) is 3. The van der Waals surface area contributed by atoms with Crippen LogP contribution in [0.2, 0.25) is 0 Å². The number of anilines is 2. The van der Waals surface area contributed by atoms with Crippen molar-refractivity contribution in [1.82, 2.24) is 9.97 Å². The van der Waals surface area contributed by atoms with Crippen LogP contribution in [0.5, 0.6) is 5.75 Å². The van der Waals surface area contributed by atoms with E-state index in [2.05, 4.69) is 23.1 Å². The van der Waals surface area contributed by atoms with Gasteiger partial charge in [-0.05, 0) is 107 Å². The predicted molar refractivity (Wildman–Crippen MR) is 166 cm³/mol. The summed E-state index contributed by atoms with van der Waals surface area (Å²) in [7, 11) is 0. The van der Waals surface area contributed by atoms with Gasteiger partial charge in [0.05, 0.1) is 29.6 Å². The van der Waals surface area contributed by atoms with Crippen LogP contribution < -0.4 is 9.64 Å². The average molecular weight is 566 g/mol. The number of carbonyl (C=O) groups is 1. The third-order valence-corrected chi connectivity index (χ3v) is 8.08. The van der Waals surface area contributed by atoms with Crippen LogP contribution in [-0.2, 0) is 16.0 Å². The highest BCUT2D eigenvalue weighted by atomic mass is 16.5. The molecule has 2 aromatic carbocycles. The first kappa shape index (κ1) is 28.2. The Kier molecular flexibility index (Phi) is 7.39. The first-order chi connectivity index (χ1) is 20.1. The molecular weight excluding hydrogens is 526 g/mol. The number of hydrogen-bond donors (Lipinski definition) is 1. The standard InChI is InChI=1S/C35H39N3O4/c1-21-30(32(34(39)40)42-35(3,4)5)31(26-14-15-29-25(17-26)10-8-16-41-29)22(2)37-33(21)38(20-23-12-13-23)27-18-24-9-6-7-11-28(24)36-19-27/h6-7,9,11,14-15,17-19,23,32H,8,10,12-13,16,20H2,1-5H3,(H,39,40). The number of rotatable bonds is 8. The lowest BCUT2D eigenvalue weighted by atomic mass is 9.89. The Labute approximate surface area is 247 Å². The molecule has 4 aromatic rings. The lowest BCUT2D eigenvalue weighted by Gasteiger charge is -2.32. The van der Waals surface area contributed by atoms with Crippen LogP contribution in [0.3, 0.4) is 0 Å². The van der Waals surface area contributed by atoms with Gasteiger partial charge in [-0.3, -0.25) is 4.98 Å². The van der Waals surface area contributed by atoms with Gasteiger partial charge in [-0.25, -0.2) is 9.78 Å². The van der Waals surface area contributed by atoms with E-state index in [1.54, 1.807) is 0 Å². The molecule has 7 nitrogen and oxygen atoms in total. The molecule has 1 fully saturated rings. The van der Waals surface area contributed by atoms with Gasteiger partial charge < -0.3 is 19.5 Å². The minimum atomic E-state index is -1.18. The molecule has 1 atom stereocenters. The van der Waals surface area contributed by atoms with Gasteiger partial charge >= 0.3 is 5.97 Å². The lowest BCUT2D eigenvalue weighted by Crippen LogP contribution is -2.30. The SMILES string of the molecule is Cc1nc(N(CC2CC2)c2cnc3ccccc3c2)c(C)c(C(OC(C)(C)C)C(=O)O)c1-c1ccc2c(c1)CCCO2. The Balaban J connectivity index is 1.57. The van der Waals surface area contributed by atoms with Gasteiger partial charge in [0.25, 0.3) is 0 Å². The maximum absolute atomic E-state index is 13.0. The second-order valence-corrected chi connectivity index (χ2v) is 12.6. The van der Waals surface area contributed by atoms with Crippen molar-refractivity contribution in [2.45, 2.75) is 72.0 Å². The van der Waals surface area contributed by atoms with E-state index in [1.165, 1.54) is 12.8 Å². The zero-order chi connectivity index (χ0) is 29.6. The van der Waals surface area contributed by atoms with Gasteiger partial charge in [-0.2, -0.15) is 0 Å². The van der Waals surface area contributed by atoms with Crippen LogP contribution in [0.25, 0.3) is 22.0 Å². The first-order valence-electron chi connectivity index (χ1n) is 14.9. The van der Waals surface area contributed by atoms with Gasteiger partial charge in [0, 0.05) is 28.8 Å². The lowest BCUT2D eigenvalue weighted by molar-refractivity contribution is -0.160. The molecule has 0 radical (unpaired) electrons.